The third kappa shape index (κ3) is 1.15. The predicted octanol–water partition coefficient (Wildman–Crippen LogP) is 2.05. The molecular weight excluding hydrogens is 152 g/mol. The Bertz CT molecular complexity index is 228. The van der Waals surface area contributed by atoms with Gasteiger partial charge >= 0.3 is 0 Å². The summed E-state index contributed by atoms with van der Waals surface area (Å²) >= 11 is 0. The Labute approximate surface area is 72.6 Å². The summed E-state index contributed by atoms with van der Waals surface area (Å²) in [5.74, 6) is 0.853. The molecule has 2 heteroatoms. The van der Waals surface area contributed by atoms with E-state index in [0.717, 1.165) is 6.42 Å². The summed E-state index contributed by atoms with van der Waals surface area (Å²) in [4.78, 5) is 11.2. The highest BCUT2D eigenvalue weighted by Gasteiger charge is 2.47. The summed E-state index contributed by atoms with van der Waals surface area (Å²) in [6, 6.07) is 0. The van der Waals surface area contributed by atoms with Crippen molar-refractivity contribution in [1.82, 2.24) is 0 Å². The molecule has 2 aliphatic rings. The highest BCUT2D eigenvalue weighted by Crippen LogP contribution is 2.47. The molecule has 0 bridgehead atoms. The average molecular weight is 166 g/mol. The van der Waals surface area contributed by atoms with Gasteiger partial charge in [0.15, 0.2) is 5.78 Å². The number of carbonyl (C=O) groups excluding carboxylic acids is 1. The van der Waals surface area contributed by atoms with Gasteiger partial charge in [0.1, 0.15) is 5.60 Å². The van der Waals surface area contributed by atoms with Crippen molar-refractivity contribution in [3.63, 3.8) is 0 Å². The Hall–Kier alpha value is -0.790. The third-order valence-electron chi connectivity index (χ3n) is 2.95. The van der Waals surface area contributed by atoms with E-state index >= 15 is 0 Å². The van der Waals surface area contributed by atoms with Gasteiger partial charge in [0, 0.05) is 6.08 Å². The smallest absolute Gasteiger partial charge is 0.162 e. The van der Waals surface area contributed by atoms with Crippen LogP contribution in [0.5, 0.6) is 0 Å². The number of ether oxygens (including phenoxy) is 1. The Kier molecular flexibility index (Phi) is 1.71. The molecule has 0 amide bonds. The maximum Gasteiger partial charge on any atom is 0.162 e. The Balaban J connectivity index is 2.16. The molecule has 2 nitrogen and oxygen atoms in total. The predicted molar refractivity (Wildman–Crippen MR) is 45.6 cm³/mol. The molecule has 2 rings (SSSR count). The van der Waals surface area contributed by atoms with Crippen molar-refractivity contribution in [1.29, 1.82) is 0 Å². The average Bonchev–Trinajstić information content (AvgIpc) is 2.86. The highest BCUT2D eigenvalue weighted by atomic mass is 16.5. The van der Waals surface area contributed by atoms with Gasteiger partial charge in [-0.2, -0.15) is 0 Å². The van der Waals surface area contributed by atoms with Crippen LogP contribution in [0.15, 0.2) is 12.3 Å². The van der Waals surface area contributed by atoms with Crippen LogP contribution >= 0.6 is 0 Å². The molecule has 0 N–H and O–H groups in total. The quantitative estimate of drug-likeness (QED) is 0.627. The number of rotatable bonds is 2. The molecule has 12 heavy (non-hydrogen) atoms. The van der Waals surface area contributed by atoms with Crippen molar-refractivity contribution < 1.29 is 9.53 Å². The molecule has 66 valence electrons. The maximum atomic E-state index is 11.2. The van der Waals surface area contributed by atoms with Gasteiger partial charge in [-0.15, -0.1) is 0 Å². The summed E-state index contributed by atoms with van der Waals surface area (Å²) in [6.45, 7) is 2.10. The third-order valence-corrected chi connectivity index (χ3v) is 2.95. The van der Waals surface area contributed by atoms with Gasteiger partial charge in [-0.25, -0.2) is 0 Å². The zero-order valence-corrected chi connectivity index (χ0v) is 7.38. The van der Waals surface area contributed by atoms with Crippen LogP contribution in [0, 0.1) is 5.92 Å². The lowest BCUT2D eigenvalue weighted by molar-refractivity contribution is -0.124. The van der Waals surface area contributed by atoms with Crippen LogP contribution in [0.2, 0.25) is 0 Å². The van der Waals surface area contributed by atoms with Crippen LogP contribution in [0.1, 0.15) is 32.6 Å². The van der Waals surface area contributed by atoms with E-state index in [0.29, 0.717) is 12.3 Å². The minimum Gasteiger partial charge on any atom is -0.494 e. The standard InChI is InChI=1S/C10H14O2/c1-2-10(8-3-4-8)7-9(11)5-6-12-10/h5-6,8H,2-4,7H2,1H3. The molecule has 0 saturated heterocycles. The summed E-state index contributed by atoms with van der Waals surface area (Å²) in [5.41, 5.74) is -0.133. The normalized spacial score (nSPS) is 34.9. The number of hydrogen-bond donors (Lipinski definition) is 0. The van der Waals surface area contributed by atoms with E-state index in [1.165, 1.54) is 18.9 Å². The van der Waals surface area contributed by atoms with Crippen molar-refractivity contribution in [2.45, 2.75) is 38.2 Å². The summed E-state index contributed by atoms with van der Waals surface area (Å²) in [5, 5.41) is 0. The first-order valence-electron chi connectivity index (χ1n) is 4.64. The molecule has 1 fully saturated rings. The molecule has 0 radical (unpaired) electrons. The monoisotopic (exact) mass is 166 g/mol. The second kappa shape index (κ2) is 2.61. The first-order valence-corrected chi connectivity index (χ1v) is 4.64. The van der Waals surface area contributed by atoms with Crippen molar-refractivity contribution in [3.8, 4) is 0 Å². The van der Waals surface area contributed by atoms with E-state index in [1.54, 1.807) is 6.26 Å². The second-order valence-electron chi connectivity index (χ2n) is 3.76. The van der Waals surface area contributed by atoms with Crippen molar-refractivity contribution in [2.75, 3.05) is 0 Å². The van der Waals surface area contributed by atoms with Crippen molar-refractivity contribution >= 4 is 5.78 Å². The first kappa shape index (κ1) is 7.84. The van der Waals surface area contributed by atoms with Gasteiger partial charge in [0.2, 0.25) is 0 Å². The second-order valence-corrected chi connectivity index (χ2v) is 3.76. The molecule has 1 atom stereocenters. The van der Waals surface area contributed by atoms with Crippen LogP contribution in [0.3, 0.4) is 0 Å². The van der Waals surface area contributed by atoms with E-state index in [-0.39, 0.29) is 11.4 Å². The molecule has 1 unspecified atom stereocenters. The SMILES string of the molecule is CCC1(C2CC2)CC(=O)C=CO1. The molecular formula is C10H14O2. The molecule has 1 aliphatic heterocycles. The van der Waals surface area contributed by atoms with E-state index in [2.05, 4.69) is 6.92 Å². The van der Waals surface area contributed by atoms with Crippen LogP contribution < -0.4 is 0 Å². The fourth-order valence-electron chi connectivity index (χ4n) is 1.99. The largest absolute Gasteiger partial charge is 0.494 e. The fourth-order valence-corrected chi connectivity index (χ4v) is 1.99. The Morgan fingerprint density at radius 3 is 2.92 bits per heavy atom. The lowest BCUT2D eigenvalue weighted by Gasteiger charge is -2.33. The van der Waals surface area contributed by atoms with Gasteiger partial charge in [0.25, 0.3) is 0 Å². The number of carbonyl (C=O) groups is 1. The van der Waals surface area contributed by atoms with Gasteiger partial charge in [-0.05, 0) is 25.2 Å². The number of allylic oxidation sites excluding steroid dienone is 1. The lowest BCUT2D eigenvalue weighted by Crippen LogP contribution is -2.37. The molecule has 0 aromatic carbocycles. The number of hydrogen-bond acceptors (Lipinski definition) is 2. The van der Waals surface area contributed by atoms with Crippen molar-refractivity contribution in [2.24, 2.45) is 5.92 Å². The minimum atomic E-state index is -0.133. The maximum absolute atomic E-state index is 11.2. The molecule has 0 aromatic rings. The molecule has 1 heterocycles. The topological polar surface area (TPSA) is 26.3 Å². The van der Waals surface area contributed by atoms with Crippen molar-refractivity contribution in [3.05, 3.63) is 12.3 Å². The summed E-state index contributed by atoms with van der Waals surface area (Å²) in [7, 11) is 0. The fraction of sp³-hybridized carbons (Fsp3) is 0.700. The van der Waals surface area contributed by atoms with Gasteiger partial charge in [-0.3, -0.25) is 4.79 Å². The van der Waals surface area contributed by atoms with E-state index < -0.39 is 0 Å². The molecule has 0 aromatic heterocycles. The van der Waals surface area contributed by atoms with Crippen LogP contribution in [-0.2, 0) is 9.53 Å². The zero-order valence-electron chi connectivity index (χ0n) is 7.38. The van der Waals surface area contributed by atoms with Gasteiger partial charge < -0.3 is 4.74 Å². The molecule has 1 aliphatic carbocycles. The van der Waals surface area contributed by atoms with E-state index in [9.17, 15) is 4.79 Å². The molecule has 0 spiro atoms. The van der Waals surface area contributed by atoms with E-state index in [1.807, 2.05) is 0 Å². The van der Waals surface area contributed by atoms with Gasteiger partial charge in [0.05, 0.1) is 12.7 Å². The van der Waals surface area contributed by atoms with Crippen LogP contribution in [-0.4, -0.2) is 11.4 Å². The minimum absolute atomic E-state index is 0.133. The molecule has 1 saturated carbocycles. The lowest BCUT2D eigenvalue weighted by atomic mass is 9.87. The Morgan fingerprint density at radius 1 is 1.67 bits per heavy atom. The number of ketones is 1. The van der Waals surface area contributed by atoms with E-state index in [4.69, 9.17) is 4.74 Å². The summed E-state index contributed by atoms with van der Waals surface area (Å²) in [6.07, 6.45) is 7.12. The first-order chi connectivity index (χ1) is 5.77. The zero-order chi connectivity index (χ0) is 8.60. The van der Waals surface area contributed by atoms with Gasteiger partial charge in [-0.1, -0.05) is 6.92 Å². The Morgan fingerprint density at radius 2 is 2.42 bits per heavy atom. The highest BCUT2D eigenvalue weighted by molar-refractivity contribution is 5.90. The summed E-state index contributed by atoms with van der Waals surface area (Å²) < 4.78 is 5.61. The van der Waals surface area contributed by atoms with Crippen LogP contribution in [0.25, 0.3) is 0 Å². The van der Waals surface area contributed by atoms with Crippen LogP contribution in [0.4, 0.5) is 0 Å².